The molecule has 1 amide bonds. The SMILES string of the molecule is CC(C)NC(=O)c1coc(CN2CCN(CC(O)Cc3ccccc3)CC2)n1. The molecule has 2 N–H and O–H groups in total. The Labute approximate surface area is 166 Å². The maximum Gasteiger partial charge on any atom is 0.273 e. The summed E-state index contributed by atoms with van der Waals surface area (Å²) in [4.78, 5) is 20.8. The van der Waals surface area contributed by atoms with Crippen molar-refractivity contribution < 1.29 is 14.3 Å². The Morgan fingerprint density at radius 3 is 2.54 bits per heavy atom. The van der Waals surface area contributed by atoms with Crippen molar-refractivity contribution >= 4 is 5.91 Å². The molecule has 2 aromatic rings. The summed E-state index contributed by atoms with van der Waals surface area (Å²) in [6, 6.07) is 10.2. The number of aromatic nitrogens is 1. The molecule has 3 rings (SSSR count). The summed E-state index contributed by atoms with van der Waals surface area (Å²) in [7, 11) is 0. The molecule has 7 nitrogen and oxygen atoms in total. The number of carbonyl (C=O) groups is 1. The molecule has 1 aliphatic rings. The fourth-order valence-corrected chi connectivity index (χ4v) is 3.39. The summed E-state index contributed by atoms with van der Waals surface area (Å²) in [5.41, 5.74) is 1.49. The van der Waals surface area contributed by atoms with Crippen LogP contribution in [0.4, 0.5) is 0 Å². The molecule has 0 spiro atoms. The Bertz CT molecular complexity index is 739. The molecule has 0 aliphatic carbocycles. The van der Waals surface area contributed by atoms with E-state index in [2.05, 4.69) is 20.1 Å². The van der Waals surface area contributed by atoms with Gasteiger partial charge in [0.05, 0.1) is 12.6 Å². The molecule has 2 heterocycles. The molecule has 152 valence electrons. The number of hydrogen-bond donors (Lipinski definition) is 2. The molecule has 1 aliphatic heterocycles. The third kappa shape index (κ3) is 6.15. The summed E-state index contributed by atoms with van der Waals surface area (Å²) < 4.78 is 5.46. The van der Waals surface area contributed by atoms with E-state index >= 15 is 0 Å². The van der Waals surface area contributed by atoms with Crippen LogP contribution in [0.1, 0.15) is 35.8 Å². The molecule has 1 fully saturated rings. The Hall–Kier alpha value is -2.22. The number of β-amino-alcohol motifs (C(OH)–C–C–N with tert-alkyl or cyclic N) is 1. The number of hydrogen-bond acceptors (Lipinski definition) is 6. The number of oxazole rings is 1. The van der Waals surface area contributed by atoms with Gasteiger partial charge in [0.25, 0.3) is 5.91 Å². The minimum atomic E-state index is -0.359. The van der Waals surface area contributed by atoms with Crippen LogP contribution in [0, 0.1) is 0 Å². The zero-order chi connectivity index (χ0) is 19.9. The zero-order valence-corrected chi connectivity index (χ0v) is 16.7. The standard InChI is InChI=1S/C21H30N4O3/c1-16(2)22-21(27)19-15-28-20(23-19)14-25-10-8-24(9-11-25)13-18(26)12-17-6-4-3-5-7-17/h3-7,15-16,18,26H,8-14H2,1-2H3,(H,22,27). The summed E-state index contributed by atoms with van der Waals surface area (Å²) in [6.45, 7) is 8.66. The van der Waals surface area contributed by atoms with Gasteiger partial charge in [0, 0.05) is 38.8 Å². The lowest BCUT2D eigenvalue weighted by molar-refractivity contribution is 0.0675. The van der Waals surface area contributed by atoms with E-state index in [0.29, 0.717) is 31.1 Å². The second-order valence-electron chi connectivity index (χ2n) is 7.67. The second kappa shape index (κ2) is 9.82. The van der Waals surface area contributed by atoms with E-state index in [1.165, 1.54) is 6.26 Å². The number of aliphatic hydroxyl groups excluding tert-OH is 1. The van der Waals surface area contributed by atoms with Gasteiger partial charge in [-0.2, -0.15) is 0 Å². The van der Waals surface area contributed by atoms with Gasteiger partial charge in [-0.3, -0.25) is 14.6 Å². The zero-order valence-electron chi connectivity index (χ0n) is 16.7. The second-order valence-corrected chi connectivity index (χ2v) is 7.67. The first kappa shape index (κ1) is 20.5. The highest BCUT2D eigenvalue weighted by atomic mass is 16.3. The summed E-state index contributed by atoms with van der Waals surface area (Å²) in [5.74, 6) is 0.355. The van der Waals surface area contributed by atoms with Gasteiger partial charge in [-0.05, 0) is 25.8 Å². The van der Waals surface area contributed by atoms with Crippen LogP contribution in [0.15, 0.2) is 41.0 Å². The van der Waals surface area contributed by atoms with Crippen molar-refractivity contribution in [2.24, 2.45) is 0 Å². The molecular formula is C21H30N4O3. The normalized spacial score (nSPS) is 17.0. The third-order valence-corrected chi connectivity index (χ3v) is 4.81. The van der Waals surface area contributed by atoms with E-state index in [0.717, 1.165) is 31.7 Å². The van der Waals surface area contributed by atoms with E-state index in [1.807, 2.05) is 44.2 Å². The summed E-state index contributed by atoms with van der Waals surface area (Å²) in [6.07, 6.45) is 1.74. The number of nitrogens with one attached hydrogen (secondary N) is 1. The van der Waals surface area contributed by atoms with Crippen molar-refractivity contribution in [3.63, 3.8) is 0 Å². The summed E-state index contributed by atoms with van der Waals surface area (Å²) >= 11 is 0. The van der Waals surface area contributed by atoms with E-state index in [9.17, 15) is 9.90 Å². The first-order valence-corrected chi connectivity index (χ1v) is 9.91. The lowest BCUT2D eigenvalue weighted by Gasteiger charge is -2.35. The molecule has 1 saturated heterocycles. The molecule has 0 saturated carbocycles. The predicted molar refractivity (Wildman–Crippen MR) is 107 cm³/mol. The maximum atomic E-state index is 12.0. The number of rotatable bonds is 8. The van der Waals surface area contributed by atoms with Crippen LogP contribution in [0.25, 0.3) is 0 Å². The van der Waals surface area contributed by atoms with Gasteiger partial charge in [0.2, 0.25) is 5.89 Å². The number of benzene rings is 1. The smallest absolute Gasteiger partial charge is 0.273 e. The Kier molecular flexibility index (Phi) is 7.19. The lowest BCUT2D eigenvalue weighted by atomic mass is 10.1. The van der Waals surface area contributed by atoms with Crippen molar-refractivity contribution in [2.45, 2.75) is 39.0 Å². The molecule has 7 heteroatoms. The quantitative estimate of drug-likeness (QED) is 0.716. The molecular weight excluding hydrogens is 356 g/mol. The predicted octanol–water partition coefficient (Wildman–Crippen LogP) is 1.53. The largest absolute Gasteiger partial charge is 0.447 e. The first-order valence-electron chi connectivity index (χ1n) is 9.91. The number of aliphatic hydroxyl groups is 1. The van der Waals surface area contributed by atoms with E-state index < -0.39 is 0 Å². The highest BCUT2D eigenvalue weighted by Crippen LogP contribution is 2.11. The van der Waals surface area contributed by atoms with Crippen molar-refractivity contribution in [2.75, 3.05) is 32.7 Å². The molecule has 1 aromatic carbocycles. The van der Waals surface area contributed by atoms with Gasteiger partial charge in [-0.15, -0.1) is 0 Å². The molecule has 0 radical (unpaired) electrons. The number of amides is 1. The van der Waals surface area contributed by atoms with Crippen molar-refractivity contribution in [3.8, 4) is 0 Å². The van der Waals surface area contributed by atoms with Gasteiger partial charge in [0.1, 0.15) is 6.26 Å². The molecule has 1 aromatic heterocycles. The Balaban J connectivity index is 1.40. The highest BCUT2D eigenvalue weighted by molar-refractivity contribution is 5.92. The fraction of sp³-hybridized carbons (Fsp3) is 0.524. The third-order valence-electron chi connectivity index (χ3n) is 4.81. The fourth-order valence-electron chi connectivity index (χ4n) is 3.39. The van der Waals surface area contributed by atoms with Crippen LogP contribution < -0.4 is 5.32 Å². The molecule has 28 heavy (non-hydrogen) atoms. The number of piperazine rings is 1. The lowest BCUT2D eigenvalue weighted by Crippen LogP contribution is -2.48. The monoisotopic (exact) mass is 386 g/mol. The minimum Gasteiger partial charge on any atom is -0.447 e. The van der Waals surface area contributed by atoms with Crippen molar-refractivity contribution in [1.29, 1.82) is 0 Å². The first-order chi connectivity index (χ1) is 13.5. The van der Waals surface area contributed by atoms with E-state index in [1.54, 1.807) is 0 Å². The number of nitrogens with zero attached hydrogens (tertiary/aromatic N) is 3. The summed E-state index contributed by atoms with van der Waals surface area (Å²) in [5, 5.41) is 13.2. The molecule has 1 atom stereocenters. The van der Waals surface area contributed by atoms with E-state index in [4.69, 9.17) is 4.42 Å². The van der Waals surface area contributed by atoms with Gasteiger partial charge in [-0.25, -0.2) is 4.98 Å². The van der Waals surface area contributed by atoms with Crippen LogP contribution in [0.3, 0.4) is 0 Å². The van der Waals surface area contributed by atoms with Gasteiger partial charge in [-0.1, -0.05) is 30.3 Å². The highest BCUT2D eigenvalue weighted by Gasteiger charge is 2.21. The Morgan fingerprint density at radius 1 is 1.18 bits per heavy atom. The maximum absolute atomic E-state index is 12.0. The van der Waals surface area contributed by atoms with Gasteiger partial charge >= 0.3 is 0 Å². The van der Waals surface area contributed by atoms with Crippen LogP contribution in [0.5, 0.6) is 0 Å². The minimum absolute atomic E-state index is 0.0676. The molecule has 0 bridgehead atoms. The van der Waals surface area contributed by atoms with Gasteiger partial charge in [0.15, 0.2) is 5.69 Å². The van der Waals surface area contributed by atoms with E-state index in [-0.39, 0.29) is 18.1 Å². The van der Waals surface area contributed by atoms with Crippen molar-refractivity contribution in [1.82, 2.24) is 20.1 Å². The van der Waals surface area contributed by atoms with Crippen LogP contribution in [-0.4, -0.2) is 70.7 Å². The van der Waals surface area contributed by atoms with Crippen LogP contribution >= 0.6 is 0 Å². The van der Waals surface area contributed by atoms with Crippen LogP contribution in [0.2, 0.25) is 0 Å². The van der Waals surface area contributed by atoms with Gasteiger partial charge < -0.3 is 14.8 Å². The van der Waals surface area contributed by atoms with Crippen LogP contribution in [-0.2, 0) is 13.0 Å². The average molecular weight is 386 g/mol. The Morgan fingerprint density at radius 2 is 1.86 bits per heavy atom. The topological polar surface area (TPSA) is 81.8 Å². The molecule has 1 unspecified atom stereocenters. The van der Waals surface area contributed by atoms with Crippen molar-refractivity contribution in [3.05, 3.63) is 53.7 Å². The number of carbonyl (C=O) groups excluding carboxylic acids is 1. The average Bonchev–Trinajstić information content (AvgIpc) is 3.12.